The van der Waals surface area contributed by atoms with Crippen LogP contribution >= 0.6 is 0 Å². The van der Waals surface area contributed by atoms with Crippen molar-refractivity contribution in [1.29, 1.82) is 5.26 Å². The molecule has 0 saturated heterocycles. The van der Waals surface area contributed by atoms with Gasteiger partial charge in [-0.05, 0) is 57.7 Å². The van der Waals surface area contributed by atoms with Crippen LogP contribution in [0.4, 0.5) is 0 Å². The second-order valence-corrected chi connectivity index (χ2v) is 7.60. The number of nitriles is 1. The molecule has 1 heterocycles. The first kappa shape index (κ1) is 17.5. The molecule has 0 bridgehead atoms. The van der Waals surface area contributed by atoms with Crippen molar-refractivity contribution in [1.82, 2.24) is 15.1 Å². The Morgan fingerprint density at radius 3 is 2.88 bits per heavy atom. The molecule has 5 heteroatoms. The minimum atomic E-state index is 0.00710. The SMILES string of the molecule is COc1ccc(CN[C@@H]2CCCc3c2cnn3C(C)(C)C)cc1C#N. The summed E-state index contributed by atoms with van der Waals surface area (Å²) in [7, 11) is 1.59. The number of methoxy groups -OCH3 is 1. The molecule has 0 fully saturated rings. The third kappa shape index (κ3) is 3.54. The van der Waals surface area contributed by atoms with E-state index >= 15 is 0 Å². The highest BCUT2D eigenvalue weighted by molar-refractivity contribution is 5.45. The van der Waals surface area contributed by atoms with E-state index in [-0.39, 0.29) is 5.54 Å². The standard InChI is InChI=1S/C20H26N4O/c1-20(2,3)24-18-7-5-6-17(16(18)13-23-24)22-12-14-8-9-19(25-4)15(10-14)11-21/h8-10,13,17,22H,5-7,12H2,1-4H3/t17-/m1/s1. The molecule has 0 aliphatic heterocycles. The van der Waals surface area contributed by atoms with E-state index in [9.17, 15) is 5.26 Å². The van der Waals surface area contributed by atoms with Gasteiger partial charge in [-0.1, -0.05) is 6.07 Å². The predicted octanol–water partition coefficient (Wildman–Crippen LogP) is 3.69. The van der Waals surface area contributed by atoms with E-state index in [1.54, 1.807) is 7.11 Å². The van der Waals surface area contributed by atoms with Crippen molar-refractivity contribution in [3.05, 3.63) is 46.8 Å². The molecule has 1 aliphatic rings. The number of aromatic nitrogens is 2. The van der Waals surface area contributed by atoms with Gasteiger partial charge < -0.3 is 10.1 Å². The normalized spacial score (nSPS) is 17.0. The van der Waals surface area contributed by atoms with E-state index in [4.69, 9.17) is 4.74 Å². The topological polar surface area (TPSA) is 62.9 Å². The maximum atomic E-state index is 9.24. The third-order valence-electron chi connectivity index (χ3n) is 4.76. The molecule has 1 atom stereocenters. The van der Waals surface area contributed by atoms with Crippen molar-refractivity contribution in [2.45, 2.75) is 58.2 Å². The molecule has 1 aromatic carbocycles. The van der Waals surface area contributed by atoms with Gasteiger partial charge in [0.05, 0.1) is 24.4 Å². The van der Waals surface area contributed by atoms with Crippen molar-refractivity contribution in [3.8, 4) is 11.8 Å². The molecular weight excluding hydrogens is 312 g/mol. The lowest BCUT2D eigenvalue weighted by Gasteiger charge is -2.28. The van der Waals surface area contributed by atoms with Crippen molar-refractivity contribution < 1.29 is 4.74 Å². The van der Waals surface area contributed by atoms with Crippen LogP contribution in [-0.2, 0) is 18.5 Å². The lowest BCUT2D eigenvalue weighted by atomic mass is 9.92. The summed E-state index contributed by atoms with van der Waals surface area (Å²) in [6.07, 6.45) is 5.39. The van der Waals surface area contributed by atoms with E-state index < -0.39 is 0 Å². The van der Waals surface area contributed by atoms with E-state index in [1.165, 1.54) is 17.7 Å². The summed E-state index contributed by atoms with van der Waals surface area (Å²) in [5.74, 6) is 0.623. The Bertz CT molecular complexity index is 795. The van der Waals surface area contributed by atoms with E-state index in [0.29, 0.717) is 17.4 Å². The Kier molecular flexibility index (Phi) is 4.82. The molecule has 5 nitrogen and oxygen atoms in total. The Balaban J connectivity index is 1.76. The zero-order valence-electron chi connectivity index (χ0n) is 15.5. The van der Waals surface area contributed by atoms with Crippen molar-refractivity contribution >= 4 is 0 Å². The maximum absolute atomic E-state index is 9.24. The smallest absolute Gasteiger partial charge is 0.136 e. The number of benzene rings is 1. The molecular formula is C20H26N4O. The van der Waals surface area contributed by atoms with Gasteiger partial charge in [-0.25, -0.2) is 0 Å². The van der Waals surface area contributed by atoms with Gasteiger partial charge in [-0.2, -0.15) is 10.4 Å². The van der Waals surface area contributed by atoms with E-state index in [1.807, 2.05) is 24.4 Å². The Morgan fingerprint density at radius 2 is 2.20 bits per heavy atom. The highest BCUT2D eigenvalue weighted by Gasteiger charge is 2.27. The van der Waals surface area contributed by atoms with Gasteiger partial charge in [0.1, 0.15) is 11.8 Å². The summed E-state index contributed by atoms with van der Waals surface area (Å²) in [5, 5.41) is 17.5. The monoisotopic (exact) mass is 338 g/mol. The fourth-order valence-electron chi connectivity index (χ4n) is 3.54. The molecule has 3 rings (SSSR count). The van der Waals surface area contributed by atoms with E-state index in [0.717, 1.165) is 24.9 Å². The quantitative estimate of drug-likeness (QED) is 0.923. The average molecular weight is 338 g/mol. The highest BCUT2D eigenvalue weighted by atomic mass is 16.5. The second-order valence-electron chi connectivity index (χ2n) is 7.60. The van der Waals surface area contributed by atoms with E-state index in [2.05, 4.69) is 41.9 Å². The predicted molar refractivity (Wildman–Crippen MR) is 97.5 cm³/mol. The molecule has 0 amide bonds. The van der Waals surface area contributed by atoms with Crippen LogP contribution in [0.5, 0.6) is 5.75 Å². The Hall–Kier alpha value is -2.32. The van der Waals surface area contributed by atoms with Crippen LogP contribution in [0.25, 0.3) is 0 Å². The number of nitrogens with one attached hydrogen (secondary N) is 1. The molecule has 0 unspecified atom stereocenters. The first-order valence-electron chi connectivity index (χ1n) is 8.81. The first-order valence-corrected chi connectivity index (χ1v) is 8.81. The second kappa shape index (κ2) is 6.89. The van der Waals surface area contributed by atoms with Crippen LogP contribution in [0.1, 0.15) is 62.0 Å². The van der Waals surface area contributed by atoms with Crippen molar-refractivity contribution in [2.75, 3.05) is 7.11 Å². The maximum Gasteiger partial charge on any atom is 0.136 e. The molecule has 25 heavy (non-hydrogen) atoms. The van der Waals surface area contributed by atoms with Crippen LogP contribution in [0, 0.1) is 11.3 Å². The fourth-order valence-corrected chi connectivity index (χ4v) is 3.54. The summed E-state index contributed by atoms with van der Waals surface area (Å²) in [4.78, 5) is 0. The number of rotatable bonds is 4. The molecule has 1 aromatic heterocycles. The number of fused-ring (bicyclic) bond motifs is 1. The first-order chi connectivity index (χ1) is 11.9. The molecule has 0 spiro atoms. The number of nitrogens with zero attached hydrogens (tertiary/aromatic N) is 3. The Morgan fingerprint density at radius 1 is 1.40 bits per heavy atom. The summed E-state index contributed by atoms with van der Waals surface area (Å²) in [6.45, 7) is 7.30. The summed E-state index contributed by atoms with van der Waals surface area (Å²) in [5.41, 5.74) is 4.34. The van der Waals surface area contributed by atoms with Crippen LogP contribution in [0.2, 0.25) is 0 Å². The third-order valence-corrected chi connectivity index (χ3v) is 4.76. The molecule has 132 valence electrons. The summed E-state index contributed by atoms with van der Waals surface area (Å²) >= 11 is 0. The highest BCUT2D eigenvalue weighted by Crippen LogP contribution is 2.32. The van der Waals surface area contributed by atoms with Gasteiger partial charge in [0.15, 0.2) is 0 Å². The molecule has 0 radical (unpaired) electrons. The van der Waals surface area contributed by atoms with Gasteiger partial charge >= 0.3 is 0 Å². The van der Waals surface area contributed by atoms with Gasteiger partial charge in [0, 0.05) is 23.8 Å². The number of hydrogen-bond acceptors (Lipinski definition) is 4. The van der Waals surface area contributed by atoms with Crippen molar-refractivity contribution in [3.63, 3.8) is 0 Å². The van der Waals surface area contributed by atoms with Crippen LogP contribution < -0.4 is 10.1 Å². The zero-order valence-corrected chi connectivity index (χ0v) is 15.5. The summed E-state index contributed by atoms with van der Waals surface area (Å²) in [6, 6.07) is 8.27. The molecule has 1 aliphatic carbocycles. The van der Waals surface area contributed by atoms with Crippen LogP contribution in [0.3, 0.4) is 0 Å². The minimum Gasteiger partial charge on any atom is -0.495 e. The zero-order chi connectivity index (χ0) is 18.0. The lowest BCUT2D eigenvalue weighted by Crippen LogP contribution is -2.29. The molecule has 1 N–H and O–H groups in total. The van der Waals surface area contributed by atoms with Gasteiger partial charge in [-0.15, -0.1) is 0 Å². The van der Waals surface area contributed by atoms with Gasteiger partial charge in [0.25, 0.3) is 0 Å². The number of hydrogen-bond donors (Lipinski definition) is 1. The average Bonchev–Trinajstić information content (AvgIpc) is 3.04. The van der Waals surface area contributed by atoms with Gasteiger partial charge in [0.2, 0.25) is 0 Å². The summed E-state index contributed by atoms with van der Waals surface area (Å²) < 4.78 is 7.38. The lowest BCUT2D eigenvalue weighted by molar-refractivity contribution is 0.334. The minimum absolute atomic E-state index is 0.00710. The number of ether oxygens (including phenoxy) is 1. The van der Waals surface area contributed by atoms with Crippen LogP contribution in [0.15, 0.2) is 24.4 Å². The molecule has 2 aromatic rings. The fraction of sp³-hybridized carbons (Fsp3) is 0.500. The molecule has 0 saturated carbocycles. The van der Waals surface area contributed by atoms with Gasteiger partial charge in [-0.3, -0.25) is 4.68 Å². The van der Waals surface area contributed by atoms with Crippen molar-refractivity contribution in [2.24, 2.45) is 0 Å². The van der Waals surface area contributed by atoms with Crippen LogP contribution in [-0.4, -0.2) is 16.9 Å². The largest absolute Gasteiger partial charge is 0.495 e. The Labute approximate surface area is 149 Å².